The molecule has 0 aliphatic rings. The number of benzene rings is 2. The van der Waals surface area contributed by atoms with Gasteiger partial charge in [-0.2, -0.15) is 9.78 Å². The lowest BCUT2D eigenvalue weighted by molar-refractivity contribution is 0.248. The highest BCUT2D eigenvalue weighted by Gasteiger charge is 2.14. The van der Waals surface area contributed by atoms with Crippen LogP contribution in [-0.4, -0.2) is 15.8 Å². The summed E-state index contributed by atoms with van der Waals surface area (Å²) in [5, 5.41) is 4.30. The molecule has 0 aliphatic carbocycles. The molecule has 1 heterocycles. The van der Waals surface area contributed by atoms with Gasteiger partial charge in [0.15, 0.2) is 0 Å². The van der Waals surface area contributed by atoms with E-state index in [4.69, 9.17) is 5.73 Å². The molecule has 0 radical (unpaired) electrons. The number of hydrogen-bond donors (Lipinski definition) is 1. The van der Waals surface area contributed by atoms with E-state index >= 15 is 0 Å². The molecule has 0 atom stereocenters. The highest BCUT2D eigenvalue weighted by molar-refractivity contribution is 5.82. The minimum Gasteiger partial charge on any atom is -0.350 e. The Morgan fingerprint density at radius 1 is 0.900 bits per heavy atom. The van der Waals surface area contributed by atoms with Crippen molar-refractivity contribution in [3.63, 3.8) is 0 Å². The topological polar surface area (TPSA) is 60.9 Å². The maximum atomic E-state index is 11.6. The Morgan fingerprint density at radius 3 is 2.00 bits per heavy atom. The van der Waals surface area contributed by atoms with Crippen LogP contribution in [0.3, 0.4) is 0 Å². The van der Waals surface area contributed by atoms with E-state index in [1.807, 2.05) is 66.7 Å². The summed E-state index contributed by atoms with van der Waals surface area (Å²) in [6.07, 6.45) is 0. The number of rotatable bonds is 2. The summed E-state index contributed by atoms with van der Waals surface area (Å²) in [6, 6.07) is 20.6. The van der Waals surface area contributed by atoms with Crippen LogP contribution >= 0.6 is 0 Å². The van der Waals surface area contributed by atoms with E-state index in [1.54, 1.807) is 0 Å². The zero-order chi connectivity index (χ0) is 13.9. The van der Waals surface area contributed by atoms with Gasteiger partial charge in [-0.3, -0.25) is 0 Å². The fraction of sp³-hybridized carbons (Fsp3) is 0. The number of aromatic nitrogens is 2. The molecule has 3 rings (SSSR count). The van der Waals surface area contributed by atoms with E-state index < -0.39 is 6.03 Å². The minimum absolute atomic E-state index is 0.592. The molecule has 1 amide bonds. The summed E-state index contributed by atoms with van der Waals surface area (Å²) in [6.45, 7) is 0. The van der Waals surface area contributed by atoms with Gasteiger partial charge in [-0.15, -0.1) is 0 Å². The van der Waals surface area contributed by atoms with Gasteiger partial charge in [0.2, 0.25) is 0 Å². The third kappa shape index (κ3) is 2.19. The molecule has 3 aromatic rings. The molecule has 0 fully saturated rings. The van der Waals surface area contributed by atoms with Gasteiger partial charge >= 0.3 is 6.03 Å². The second kappa shape index (κ2) is 5.01. The normalized spacial score (nSPS) is 10.4. The Hall–Kier alpha value is -2.88. The predicted molar refractivity (Wildman–Crippen MR) is 78.1 cm³/mol. The molecule has 0 saturated heterocycles. The first-order valence-electron chi connectivity index (χ1n) is 6.26. The van der Waals surface area contributed by atoms with Gasteiger partial charge in [0, 0.05) is 11.1 Å². The largest absolute Gasteiger partial charge is 0.350 e. The summed E-state index contributed by atoms with van der Waals surface area (Å²) >= 11 is 0. The lowest BCUT2D eigenvalue weighted by Crippen LogP contribution is -2.21. The molecule has 0 bridgehead atoms. The third-order valence-corrected chi connectivity index (χ3v) is 3.06. The molecule has 2 N–H and O–H groups in total. The first kappa shape index (κ1) is 12.2. The molecule has 4 nitrogen and oxygen atoms in total. The first-order chi connectivity index (χ1) is 9.75. The molecule has 0 aliphatic heterocycles. The predicted octanol–water partition coefficient (Wildman–Crippen LogP) is 3.14. The number of nitrogens with zero attached hydrogens (tertiary/aromatic N) is 2. The average molecular weight is 263 g/mol. The maximum Gasteiger partial charge on any atom is 0.340 e. The van der Waals surface area contributed by atoms with Crippen molar-refractivity contribution in [1.29, 1.82) is 0 Å². The third-order valence-electron chi connectivity index (χ3n) is 3.06. The highest BCUT2D eigenvalue weighted by atomic mass is 16.2. The van der Waals surface area contributed by atoms with Gasteiger partial charge < -0.3 is 5.73 Å². The second-order valence-corrected chi connectivity index (χ2v) is 4.40. The van der Waals surface area contributed by atoms with Crippen molar-refractivity contribution in [3.8, 4) is 22.5 Å². The Balaban J connectivity index is 2.15. The van der Waals surface area contributed by atoms with Crippen LogP contribution in [0.25, 0.3) is 22.5 Å². The van der Waals surface area contributed by atoms with Crippen molar-refractivity contribution in [3.05, 3.63) is 66.7 Å². The van der Waals surface area contributed by atoms with Crippen molar-refractivity contribution < 1.29 is 4.79 Å². The van der Waals surface area contributed by atoms with Crippen LogP contribution in [-0.2, 0) is 0 Å². The second-order valence-electron chi connectivity index (χ2n) is 4.40. The Bertz CT molecular complexity index is 733. The number of primary amides is 1. The summed E-state index contributed by atoms with van der Waals surface area (Å²) in [5.74, 6) is 0. The summed E-state index contributed by atoms with van der Waals surface area (Å²) in [7, 11) is 0. The van der Waals surface area contributed by atoms with Crippen molar-refractivity contribution in [2.45, 2.75) is 0 Å². The summed E-state index contributed by atoms with van der Waals surface area (Å²) in [4.78, 5) is 11.6. The lowest BCUT2D eigenvalue weighted by atomic mass is 10.1. The highest BCUT2D eigenvalue weighted by Crippen LogP contribution is 2.25. The molecule has 0 unspecified atom stereocenters. The van der Waals surface area contributed by atoms with Crippen molar-refractivity contribution in [2.75, 3.05) is 0 Å². The van der Waals surface area contributed by atoms with Crippen molar-refractivity contribution in [1.82, 2.24) is 9.78 Å². The van der Waals surface area contributed by atoms with E-state index in [0.29, 0.717) is 5.69 Å². The van der Waals surface area contributed by atoms with Gasteiger partial charge in [-0.25, -0.2) is 4.79 Å². The van der Waals surface area contributed by atoms with E-state index in [9.17, 15) is 4.79 Å². The number of carbonyl (C=O) groups excluding carboxylic acids is 1. The number of amides is 1. The van der Waals surface area contributed by atoms with Gasteiger partial charge in [0.1, 0.15) is 0 Å². The number of carbonyl (C=O) groups is 1. The molecule has 98 valence electrons. The quantitative estimate of drug-likeness (QED) is 0.772. The van der Waals surface area contributed by atoms with Crippen molar-refractivity contribution in [2.24, 2.45) is 5.73 Å². The molecule has 1 aromatic heterocycles. The van der Waals surface area contributed by atoms with Gasteiger partial charge in [-0.05, 0) is 6.07 Å². The Kier molecular flexibility index (Phi) is 3.05. The SMILES string of the molecule is NC(=O)n1nc(-c2ccccc2)cc1-c1ccccc1. The van der Waals surface area contributed by atoms with Crippen LogP contribution < -0.4 is 5.73 Å². The molecule has 0 spiro atoms. The van der Waals surface area contributed by atoms with Crippen LogP contribution in [0.1, 0.15) is 0 Å². The van der Waals surface area contributed by atoms with Crippen LogP contribution in [0.15, 0.2) is 66.7 Å². The molecule has 2 aromatic carbocycles. The summed E-state index contributed by atoms with van der Waals surface area (Å²) < 4.78 is 1.23. The molecule has 0 saturated carbocycles. The van der Waals surface area contributed by atoms with E-state index in [0.717, 1.165) is 16.8 Å². The zero-order valence-corrected chi connectivity index (χ0v) is 10.7. The van der Waals surface area contributed by atoms with Crippen LogP contribution in [0.4, 0.5) is 4.79 Å². The van der Waals surface area contributed by atoms with Gasteiger partial charge in [0.05, 0.1) is 11.4 Å². The van der Waals surface area contributed by atoms with Crippen molar-refractivity contribution >= 4 is 6.03 Å². The fourth-order valence-electron chi connectivity index (χ4n) is 2.11. The zero-order valence-electron chi connectivity index (χ0n) is 10.7. The number of nitrogens with two attached hydrogens (primary N) is 1. The van der Waals surface area contributed by atoms with Crippen LogP contribution in [0.5, 0.6) is 0 Å². The molecule has 4 heteroatoms. The smallest absolute Gasteiger partial charge is 0.340 e. The van der Waals surface area contributed by atoms with Gasteiger partial charge in [0.25, 0.3) is 0 Å². The van der Waals surface area contributed by atoms with Gasteiger partial charge in [-0.1, -0.05) is 60.7 Å². The maximum absolute atomic E-state index is 11.6. The van der Waals surface area contributed by atoms with Crippen LogP contribution in [0.2, 0.25) is 0 Å². The monoisotopic (exact) mass is 263 g/mol. The lowest BCUT2D eigenvalue weighted by Gasteiger charge is -2.01. The Labute approximate surface area is 116 Å². The standard InChI is InChI=1S/C16H13N3O/c17-16(20)19-15(13-9-5-2-6-10-13)11-14(18-19)12-7-3-1-4-8-12/h1-11H,(H2,17,20). The molecular weight excluding hydrogens is 250 g/mol. The fourth-order valence-corrected chi connectivity index (χ4v) is 2.11. The minimum atomic E-state index is -0.592. The van der Waals surface area contributed by atoms with E-state index in [-0.39, 0.29) is 0 Å². The molecule has 20 heavy (non-hydrogen) atoms. The first-order valence-corrected chi connectivity index (χ1v) is 6.26. The van der Waals surface area contributed by atoms with E-state index in [2.05, 4.69) is 5.10 Å². The average Bonchev–Trinajstić information content (AvgIpc) is 2.94. The summed E-state index contributed by atoms with van der Waals surface area (Å²) in [5.41, 5.74) is 8.67. The molecular formula is C16H13N3O. The van der Waals surface area contributed by atoms with E-state index in [1.165, 1.54) is 4.68 Å². The number of hydrogen-bond acceptors (Lipinski definition) is 2. The van der Waals surface area contributed by atoms with Crippen LogP contribution in [0, 0.1) is 0 Å². The Morgan fingerprint density at radius 2 is 1.45 bits per heavy atom.